The van der Waals surface area contributed by atoms with Crippen molar-refractivity contribution in [3.63, 3.8) is 0 Å². The fourth-order valence-corrected chi connectivity index (χ4v) is 4.94. The molecule has 1 fully saturated rings. The van der Waals surface area contributed by atoms with E-state index < -0.39 is 0 Å². The summed E-state index contributed by atoms with van der Waals surface area (Å²) in [6, 6.07) is 7.08. The van der Waals surface area contributed by atoms with E-state index in [-0.39, 0.29) is 0 Å². The Kier molecular flexibility index (Phi) is 6.57. The zero-order chi connectivity index (χ0) is 14.5. The molecule has 1 aliphatic rings. The fraction of sp³-hybridized carbons (Fsp3) is 0.647. The minimum Gasteiger partial charge on any atom is -0.310 e. The summed E-state index contributed by atoms with van der Waals surface area (Å²) >= 11 is 7.31. The van der Waals surface area contributed by atoms with E-state index in [4.69, 9.17) is 0 Å². The SMILES string of the molecule is CCNC(c1ccc(Br)cc1Br)C1CCCCC1CC. The Morgan fingerprint density at radius 2 is 1.95 bits per heavy atom. The lowest BCUT2D eigenvalue weighted by molar-refractivity contribution is 0.176. The standard InChI is InChI=1S/C17H25Br2N/c1-3-12-7-5-6-8-14(12)17(20-4-2)15-10-9-13(18)11-16(15)19/h9-12,14,17,20H,3-8H2,1-2H3. The number of nitrogens with one attached hydrogen (secondary N) is 1. The minimum atomic E-state index is 0.479. The molecule has 0 bridgehead atoms. The molecule has 0 aliphatic heterocycles. The molecule has 1 aliphatic carbocycles. The molecule has 20 heavy (non-hydrogen) atoms. The maximum atomic E-state index is 3.76. The second kappa shape index (κ2) is 7.95. The number of benzene rings is 1. The van der Waals surface area contributed by atoms with Crippen LogP contribution in [0.1, 0.15) is 57.6 Å². The van der Waals surface area contributed by atoms with E-state index in [2.05, 4.69) is 69.2 Å². The molecule has 2 rings (SSSR count). The summed E-state index contributed by atoms with van der Waals surface area (Å²) in [5.74, 6) is 1.63. The summed E-state index contributed by atoms with van der Waals surface area (Å²) in [5, 5.41) is 3.75. The Morgan fingerprint density at radius 3 is 2.60 bits per heavy atom. The number of hydrogen-bond acceptors (Lipinski definition) is 1. The van der Waals surface area contributed by atoms with Crippen LogP contribution in [0, 0.1) is 11.8 Å². The largest absolute Gasteiger partial charge is 0.310 e. The molecule has 0 aromatic heterocycles. The summed E-state index contributed by atoms with van der Waals surface area (Å²) in [6.07, 6.45) is 6.86. The first-order valence-corrected chi connectivity index (χ1v) is 9.44. The smallest absolute Gasteiger partial charge is 0.0362 e. The van der Waals surface area contributed by atoms with Gasteiger partial charge in [0.15, 0.2) is 0 Å². The van der Waals surface area contributed by atoms with Crippen molar-refractivity contribution < 1.29 is 0 Å². The van der Waals surface area contributed by atoms with Gasteiger partial charge in [0.2, 0.25) is 0 Å². The first kappa shape index (κ1) is 16.5. The van der Waals surface area contributed by atoms with Crippen LogP contribution in [0.15, 0.2) is 27.1 Å². The van der Waals surface area contributed by atoms with Gasteiger partial charge >= 0.3 is 0 Å². The average Bonchev–Trinajstić information content (AvgIpc) is 2.45. The quantitative estimate of drug-likeness (QED) is 0.629. The van der Waals surface area contributed by atoms with Crippen molar-refractivity contribution in [2.45, 2.75) is 52.0 Å². The third-order valence-electron chi connectivity index (χ3n) is 4.64. The van der Waals surface area contributed by atoms with E-state index in [0.29, 0.717) is 6.04 Å². The van der Waals surface area contributed by atoms with E-state index >= 15 is 0 Å². The van der Waals surface area contributed by atoms with Crippen molar-refractivity contribution in [1.82, 2.24) is 5.32 Å². The van der Waals surface area contributed by atoms with E-state index in [9.17, 15) is 0 Å². The summed E-state index contributed by atoms with van der Waals surface area (Å²) in [5.41, 5.74) is 1.42. The van der Waals surface area contributed by atoms with Crippen LogP contribution in [0.2, 0.25) is 0 Å². The Balaban J connectivity index is 2.29. The molecule has 112 valence electrons. The molecule has 0 heterocycles. The van der Waals surface area contributed by atoms with Crippen molar-refractivity contribution in [3.05, 3.63) is 32.7 Å². The first-order chi connectivity index (χ1) is 9.67. The van der Waals surface area contributed by atoms with Crippen molar-refractivity contribution in [2.24, 2.45) is 11.8 Å². The normalized spacial score (nSPS) is 24.6. The maximum Gasteiger partial charge on any atom is 0.0362 e. The van der Waals surface area contributed by atoms with E-state index in [1.165, 1.54) is 42.1 Å². The molecule has 3 atom stereocenters. The van der Waals surface area contributed by atoms with Crippen LogP contribution in [-0.4, -0.2) is 6.54 Å². The highest BCUT2D eigenvalue weighted by Crippen LogP contribution is 2.42. The average molecular weight is 403 g/mol. The molecule has 0 spiro atoms. The molecule has 1 aromatic carbocycles. The van der Waals surface area contributed by atoms with Gasteiger partial charge in [-0.15, -0.1) is 0 Å². The van der Waals surface area contributed by atoms with Crippen molar-refractivity contribution in [1.29, 1.82) is 0 Å². The van der Waals surface area contributed by atoms with Gasteiger partial charge in [0.05, 0.1) is 0 Å². The van der Waals surface area contributed by atoms with E-state index in [1.807, 2.05) is 0 Å². The topological polar surface area (TPSA) is 12.0 Å². The number of rotatable bonds is 5. The van der Waals surface area contributed by atoms with Crippen LogP contribution in [0.25, 0.3) is 0 Å². The molecule has 1 nitrogen and oxygen atoms in total. The predicted octanol–water partition coefficient (Wildman–Crippen LogP) is 6.08. The molecule has 3 unspecified atom stereocenters. The summed E-state index contributed by atoms with van der Waals surface area (Å²) in [6.45, 7) is 5.59. The molecular weight excluding hydrogens is 378 g/mol. The third kappa shape index (κ3) is 3.86. The van der Waals surface area contributed by atoms with Crippen LogP contribution >= 0.6 is 31.9 Å². The first-order valence-electron chi connectivity index (χ1n) is 7.85. The zero-order valence-electron chi connectivity index (χ0n) is 12.5. The van der Waals surface area contributed by atoms with Crippen molar-refractivity contribution in [2.75, 3.05) is 6.54 Å². The van der Waals surface area contributed by atoms with Gasteiger partial charge in [0, 0.05) is 15.0 Å². The Hall–Kier alpha value is 0.140. The second-order valence-corrected chi connectivity index (χ2v) is 7.59. The van der Waals surface area contributed by atoms with Gasteiger partial charge in [-0.25, -0.2) is 0 Å². The van der Waals surface area contributed by atoms with E-state index in [0.717, 1.165) is 22.9 Å². The van der Waals surface area contributed by atoms with Crippen LogP contribution in [-0.2, 0) is 0 Å². The highest BCUT2D eigenvalue weighted by atomic mass is 79.9. The van der Waals surface area contributed by atoms with E-state index in [1.54, 1.807) is 0 Å². The molecule has 0 saturated heterocycles. The lowest BCUT2D eigenvalue weighted by Gasteiger charge is -2.38. The van der Waals surface area contributed by atoms with Crippen LogP contribution in [0.3, 0.4) is 0 Å². The predicted molar refractivity (Wildman–Crippen MR) is 94.0 cm³/mol. The molecule has 1 saturated carbocycles. The van der Waals surface area contributed by atoms with Crippen LogP contribution in [0.4, 0.5) is 0 Å². The van der Waals surface area contributed by atoms with Crippen LogP contribution < -0.4 is 5.32 Å². The summed E-state index contributed by atoms with van der Waals surface area (Å²) in [4.78, 5) is 0. The third-order valence-corrected chi connectivity index (χ3v) is 5.82. The number of halogens is 2. The zero-order valence-corrected chi connectivity index (χ0v) is 15.6. The number of hydrogen-bond donors (Lipinski definition) is 1. The lowest BCUT2D eigenvalue weighted by Crippen LogP contribution is -2.34. The van der Waals surface area contributed by atoms with Gasteiger partial charge in [-0.2, -0.15) is 0 Å². The van der Waals surface area contributed by atoms with Gasteiger partial charge in [-0.1, -0.05) is 77.5 Å². The van der Waals surface area contributed by atoms with Crippen molar-refractivity contribution in [3.8, 4) is 0 Å². The van der Waals surface area contributed by atoms with Gasteiger partial charge in [0.1, 0.15) is 0 Å². The molecular formula is C17H25Br2N. The maximum absolute atomic E-state index is 3.76. The van der Waals surface area contributed by atoms with Gasteiger partial charge in [-0.3, -0.25) is 0 Å². The Bertz CT molecular complexity index is 433. The van der Waals surface area contributed by atoms with Crippen molar-refractivity contribution >= 4 is 31.9 Å². The lowest BCUT2D eigenvalue weighted by atomic mass is 9.72. The van der Waals surface area contributed by atoms with Gasteiger partial charge in [-0.05, 0) is 42.5 Å². The summed E-state index contributed by atoms with van der Waals surface area (Å²) in [7, 11) is 0. The molecule has 1 aromatic rings. The molecule has 0 amide bonds. The molecule has 3 heteroatoms. The Morgan fingerprint density at radius 1 is 1.20 bits per heavy atom. The van der Waals surface area contributed by atoms with Gasteiger partial charge < -0.3 is 5.32 Å². The fourth-order valence-electron chi connectivity index (χ4n) is 3.65. The highest BCUT2D eigenvalue weighted by Gasteiger charge is 2.32. The highest BCUT2D eigenvalue weighted by molar-refractivity contribution is 9.11. The molecule has 0 radical (unpaired) electrons. The Labute approximate surface area is 140 Å². The monoisotopic (exact) mass is 401 g/mol. The second-order valence-electron chi connectivity index (χ2n) is 5.82. The van der Waals surface area contributed by atoms with Gasteiger partial charge in [0.25, 0.3) is 0 Å². The van der Waals surface area contributed by atoms with Crippen LogP contribution in [0.5, 0.6) is 0 Å². The minimum absolute atomic E-state index is 0.479. The molecule has 1 N–H and O–H groups in total. The summed E-state index contributed by atoms with van der Waals surface area (Å²) < 4.78 is 2.36.